The molecule has 1 aromatic heterocycles. The van der Waals surface area contributed by atoms with E-state index in [2.05, 4.69) is 31.0 Å². The lowest BCUT2D eigenvalue weighted by Crippen LogP contribution is -2.22. The van der Waals surface area contributed by atoms with E-state index in [1.54, 1.807) is 12.1 Å². The molecule has 3 aromatic rings. The molecule has 0 aliphatic rings. The third-order valence-corrected chi connectivity index (χ3v) is 4.50. The molecule has 0 saturated heterocycles. The van der Waals surface area contributed by atoms with Gasteiger partial charge in [0.15, 0.2) is 0 Å². The van der Waals surface area contributed by atoms with Gasteiger partial charge in [0.25, 0.3) is 0 Å². The highest BCUT2D eigenvalue weighted by atomic mass is 16.3. The van der Waals surface area contributed by atoms with Crippen LogP contribution in [-0.4, -0.2) is 16.0 Å². The Morgan fingerprint density at radius 3 is 2.50 bits per heavy atom. The van der Waals surface area contributed by atoms with E-state index in [0.29, 0.717) is 11.5 Å². The molecule has 1 unspecified atom stereocenters. The van der Waals surface area contributed by atoms with Gasteiger partial charge in [0, 0.05) is 22.7 Å². The van der Waals surface area contributed by atoms with Crippen LogP contribution in [-0.2, 0) is 4.79 Å². The van der Waals surface area contributed by atoms with Crippen LogP contribution in [0.15, 0.2) is 42.6 Å². The van der Waals surface area contributed by atoms with Gasteiger partial charge in [-0.2, -0.15) is 0 Å². The van der Waals surface area contributed by atoms with Gasteiger partial charge < -0.3 is 15.8 Å². The second-order valence-electron chi connectivity index (χ2n) is 6.60. The first-order valence-electron chi connectivity index (χ1n) is 8.08. The van der Waals surface area contributed by atoms with Crippen LogP contribution in [0.4, 0.5) is 0 Å². The molecule has 0 radical (unpaired) electrons. The minimum atomic E-state index is -0.691. The molecule has 2 aromatic carbocycles. The van der Waals surface area contributed by atoms with E-state index < -0.39 is 11.8 Å². The first-order valence-corrected chi connectivity index (χ1v) is 8.08. The maximum Gasteiger partial charge on any atom is 0.229 e. The third kappa shape index (κ3) is 2.75. The highest BCUT2D eigenvalue weighted by molar-refractivity contribution is 5.94. The largest absolute Gasteiger partial charge is 0.508 e. The number of nitrogens with two attached hydrogens (primary N) is 1. The number of aromatic amines is 1. The number of aryl methyl sites for hydroxylation is 1. The molecule has 0 bridgehead atoms. The molecule has 4 N–H and O–H groups in total. The van der Waals surface area contributed by atoms with Crippen molar-refractivity contribution in [3.05, 3.63) is 64.8 Å². The van der Waals surface area contributed by atoms with Gasteiger partial charge in [0.2, 0.25) is 5.91 Å². The zero-order valence-corrected chi connectivity index (χ0v) is 14.1. The lowest BCUT2D eigenvalue weighted by atomic mass is 9.88. The number of carbonyl (C=O) groups is 1. The van der Waals surface area contributed by atoms with E-state index in [9.17, 15) is 9.90 Å². The summed E-state index contributed by atoms with van der Waals surface area (Å²) in [6.45, 7) is 6.17. The zero-order valence-electron chi connectivity index (χ0n) is 14.1. The molecule has 4 heteroatoms. The van der Waals surface area contributed by atoms with E-state index in [0.717, 1.165) is 22.0 Å². The Labute approximate surface area is 141 Å². The highest BCUT2D eigenvalue weighted by Crippen LogP contribution is 2.36. The average molecular weight is 322 g/mol. The summed E-state index contributed by atoms with van der Waals surface area (Å²) < 4.78 is 0. The minimum Gasteiger partial charge on any atom is -0.508 e. The van der Waals surface area contributed by atoms with Crippen molar-refractivity contribution in [1.29, 1.82) is 0 Å². The lowest BCUT2D eigenvalue weighted by Gasteiger charge is -2.15. The van der Waals surface area contributed by atoms with Gasteiger partial charge in [-0.05, 0) is 41.7 Å². The molecule has 0 spiro atoms. The molecule has 24 heavy (non-hydrogen) atoms. The average Bonchev–Trinajstić information content (AvgIpc) is 2.92. The highest BCUT2D eigenvalue weighted by Gasteiger charge is 2.26. The smallest absolute Gasteiger partial charge is 0.229 e. The Balaban J connectivity index is 2.16. The number of phenolic OH excluding ortho intramolecular Hbond substituents is 1. The van der Waals surface area contributed by atoms with E-state index in [-0.39, 0.29) is 5.75 Å². The fraction of sp³-hybridized carbons (Fsp3) is 0.250. The summed E-state index contributed by atoms with van der Waals surface area (Å²) in [4.78, 5) is 15.4. The van der Waals surface area contributed by atoms with Crippen LogP contribution in [0.1, 0.15) is 47.9 Å². The molecule has 0 fully saturated rings. The number of fused-ring (bicyclic) bond motifs is 1. The monoisotopic (exact) mass is 322 g/mol. The van der Waals surface area contributed by atoms with Crippen molar-refractivity contribution in [2.24, 2.45) is 5.73 Å². The summed E-state index contributed by atoms with van der Waals surface area (Å²) in [7, 11) is 0. The van der Waals surface area contributed by atoms with Crippen molar-refractivity contribution in [3.63, 3.8) is 0 Å². The number of amides is 1. The van der Waals surface area contributed by atoms with Gasteiger partial charge in [-0.3, -0.25) is 4.79 Å². The predicted molar refractivity (Wildman–Crippen MR) is 96.3 cm³/mol. The molecule has 0 aliphatic carbocycles. The van der Waals surface area contributed by atoms with E-state index in [1.165, 1.54) is 5.56 Å². The summed E-state index contributed by atoms with van der Waals surface area (Å²) in [6, 6.07) is 11.5. The van der Waals surface area contributed by atoms with Crippen molar-refractivity contribution < 1.29 is 9.90 Å². The maximum absolute atomic E-state index is 12.2. The van der Waals surface area contributed by atoms with Crippen LogP contribution in [0.2, 0.25) is 0 Å². The van der Waals surface area contributed by atoms with Gasteiger partial charge in [-0.15, -0.1) is 0 Å². The van der Waals surface area contributed by atoms with Crippen LogP contribution in [0.25, 0.3) is 10.9 Å². The molecular weight excluding hydrogens is 300 g/mol. The Bertz CT molecular complexity index is 909. The van der Waals surface area contributed by atoms with Crippen molar-refractivity contribution in [1.82, 2.24) is 4.98 Å². The Kier molecular flexibility index (Phi) is 4.06. The van der Waals surface area contributed by atoms with E-state index in [1.807, 2.05) is 25.3 Å². The van der Waals surface area contributed by atoms with Gasteiger partial charge >= 0.3 is 0 Å². The topological polar surface area (TPSA) is 79.1 Å². The Morgan fingerprint density at radius 2 is 1.88 bits per heavy atom. The molecule has 4 nitrogen and oxygen atoms in total. The van der Waals surface area contributed by atoms with E-state index in [4.69, 9.17) is 5.73 Å². The summed E-state index contributed by atoms with van der Waals surface area (Å²) in [5, 5.41) is 11.2. The maximum atomic E-state index is 12.2. The van der Waals surface area contributed by atoms with Gasteiger partial charge in [0.05, 0.1) is 5.92 Å². The fourth-order valence-electron chi connectivity index (χ4n) is 3.14. The number of primary amides is 1. The standard InChI is InChI=1S/C20H22N2O2/c1-11(2)13-5-7-14-16(10-22-17(14)9-13)19(20(21)24)15-6-4-12(3)8-18(15)23/h4-11,19,22-23H,1-3H3,(H2,21,24). The second kappa shape index (κ2) is 6.04. The van der Waals surface area contributed by atoms with Gasteiger partial charge in [-0.1, -0.05) is 38.1 Å². The third-order valence-electron chi connectivity index (χ3n) is 4.50. The van der Waals surface area contributed by atoms with Crippen molar-refractivity contribution >= 4 is 16.8 Å². The predicted octanol–water partition coefficient (Wildman–Crippen LogP) is 3.92. The SMILES string of the molecule is Cc1ccc(C(C(N)=O)c2c[nH]c3cc(C(C)C)ccc23)c(O)c1. The van der Waals surface area contributed by atoms with Gasteiger partial charge in [0.1, 0.15) is 5.75 Å². The number of hydrogen-bond donors (Lipinski definition) is 3. The van der Waals surface area contributed by atoms with Crippen LogP contribution in [0.3, 0.4) is 0 Å². The molecule has 1 amide bonds. The normalized spacial score (nSPS) is 12.7. The molecule has 1 atom stereocenters. The Hall–Kier alpha value is -2.75. The first-order chi connectivity index (χ1) is 11.4. The number of H-pyrrole nitrogens is 1. The summed E-state index contributed by atoms with van der Waals surface area (Å²) >= 11 is 0. The van der Waals surface area contributed by atoms with Gasteiger partial charge in [-0.25, -0.2) is 0 Å². The number of aromatic nitrogens is 1. The first kappa shape index (κ1) is 16.1. The number of nitrogens with one attached hydrogen (secondary N) is 1. The molecule has 1 heterocycles. The van der Waals surface area contributed by atoms with Crippen molar-refractivity contribution in [2.75, 3.05) is 0 Å². The second-order valence-corrected chi connectivity index (χ2v) is 6.60. The molecule has 124 valence electrons. The number of benzene rings is 2. The van der Waals surface area contributed by atoms with Crippen LogP contribution in [0, 0.1) is 6.92 Å². The Morgan fingerprint density at radius 1 is 1.12 bits per heavy atom. The minimum absolute atomic E-state index is 0.0898. The molecule has 0 aliphatic heterocycles. The number of rotatable bonds is 4. The van der Waals surface area contributed by atoms with Crippen LogP contribution in [0.5, 0.6) is 5.75 Å². The number of aromatic hydroxyl groups is 1. The fourth-order valence-corrected chi connectivity index (χ4v) is 3.14. The zero-order chi connectivity index (χ0) is 17.4. The van der Waals surface area contributed by atoms with Crippen molar-refractivity contribution in [3.8, 4) is 5.75 Å². The summed E-state index contributed by atoms with van der Waals surface area (Å²) in [5.41, 5.74) is 10.1. The quantitative estimate of drug-likeness (QED) is 0.680. The van der Waals surface area contributed by atoms with Crippen LogP contribution >= 0.6 is 0 Å². The molecule has 0 saturated carbocycles. The summed E-state index contributed by atoms with van der Waals surface area (Å²) in [6.07, 6.45) is 1.81. The van der Waals surface area contributed by atoms with E-state index >= 15 is 0 Å². The molecular formula is C20H22N2O2. The molecule has 3 rings (SSSR count). The summed E-state index contributed by atoms with van der Waals surface area (Å²) in [5.74, 6) is -0.659. The number of phenols is 1. The number of hydrogen-bond acceptors (Lipinski definition) is 2. The number of carbonyl (C=O) groups excluding carboxylic acids is 1. The van der Waals surface area contributed by atoms with Crippen molar-refractivity contribution in [2.45, 2.75) is 32.6 Å². The van der Waals surface area contributed by atoms with Crippen LogP contribution < -0.4 is 5.73 Å². The lowest BCUT2D eigenvalue weighted by molar-refractivity contribution is -0.118.